The van der Waals surface area contributed by atoms with Gasteiger partial charge in [0.25, 0.3) is 5.56 Å². The number of rotatable bonds is 3. The molecule has 2 aromatic rings. The van der Waals surface area contributed by atoms with Crippen LogP contribution in [0, 0.1) is 11.8 Å². The largest absolute Gasteiger partial charge is 0.339 e. The number of aromatic nitrogens is 2. The van der Waals surface area contributed by atoms with E-state index in [9.17, 15) is 9.59 Å². The smallest absolute Gasteiger partial charge is 0.259 e. The Morgan fingerprint density at radius 3 is 2.93 bits per heavy atom. The van der Waals surface area contributed by atoms with Crippen molar-refractivity contribution in [1.29, 1.82) is 0 Å². The lowest BCUT2D eigenvalue weighted by Gasteiger charge is -2.44. The molecule has 0 aromatic carbocycles. The van der Waals surface area contributed by atoms with Gasteiger partial charge in [-0.25, -0.2) is 4.98 Å². The third-order valence-corrected chi connectivity index (χ3v) is 8.50. The Bertz CT molecular complexity index is 976. The molecule has 3 aliphatic rings. The van der Waals surface area contributed by atoms with E-state index in [4.69, 9.17) is 4.98 Å². The predicted octanol–water partition coefficient (Wildman–Crippen LogP) is 4.22. The number of hydrogen-bond acceptors (Lipinski definition) is 4. The van der Waals surface area contributed by atoms with Gasteiger partial charge in [-0.3, -0.25) is 9.59 Å². The number of aryl methyl sites for hydroxylation is 2. The van der Waals surface area contributed by atoms with Gasteiger partial charge in [0.1, 0.15) is 10.7 Å². The number of fused-ring (bicyclic) bond motifs is 4. The first kappa shape index (κ1) is 19.3. The first-order valence-electron chi connectivity index (χ1n) is 11.4. The van der Waals surface area contributed by atoms with E-state index in [0.717, 1.165) is 48.9 Å². The molecule has 2 aromatic heterocycles. The second-order valence-electron chi connectivity index (χ2n) is 9.39. The molecule has 1 saturated heterocycles. The molecule has 0 bridgehead atoms. The number of carbonyl (C=O) groups excluding carboxylic acids is 1. The number of amides is 1. The van der Waals surface area contributed by atoms with Gasteiger partial charge in [-0.2, -0.15) is 0 Å². The van der Waals surface area contributed by atoms with E-state index in [1.807, 2.05) is 0 Å². The number of likely N-dealkylation sites (tertiary alicyclic amines) is 1. The fourth-order valence-corrected chi connectivity index (χ4v) is 7.22. The Labute approximate surface area is 175 Å². The van der Waals surface area contributed by atoms with Crippen LogP contribution in [0.4, 0.5) is 0 Å². The topological polar surface area (TPSA) is 66.1 Å². The van der Waals surface area contributed by atoms with Crippen molar-refractivity contribution in [1.82, 2.24) is 14.9 Å². The summed E-state index contributed by atoms with van der Waals surface area (Å²) in [4.78, 5) is 37.8. The minimum Gasteiger partial charge on any atom is -0.339 e. The molecule has 3 heterocycles. The summed E-state index contributed by atoms with van der Waals surface area (Å²) in [7, 11) is 0. The Hall–Kier alpha value is -1.69. The van der Waals surface area contributed by atoms with Gasteiger partial charge in [-0.1, -0.05) is 19.8 Å². The fraction of sp³-hybridized carbons (Fsp3) is 0.696. The van der Waals surface area contributed by atoms with Crippen LogP contribution in [0.5, 0.6) is 0 Å². The van der Waals surface area contributed by atoms with Crippen LogP contribution in [0.25, 0.3) is 10.2 Å². The summed E-state index contributed by atoms with van der Waals surface area (Å²) < 4.78 is 0. The van der Waals surface area contributed by atoms with Gasteiger partial charge in [-0.15, -0.1) is 11.3 Å². The number of hydrogen-bond donors (Lipinski definition) is 1. The zero-order chi connectivity index (χ0) is 20.0. The highest BCUT2D eigenvalue weighted by Crippen LogP contribution is 2.37. The summed E-state index contributed by atoms with van der Waals surface area (Å²) in [5.74, 6) is 2.29. The van der Waals surface area contributed by atoms with Crippen LogP contribution in [-0.2, 0) is 24.1 Å². The van der Waals surface area contributed by atoms with Crippen molar-refractivity contribution in [3.8, 4) is 0 Å². The third-order valence-electron chi connectivity index (χ3n) is 7.35. The first-order valence-corrected chi connectivity index (χ1v) is 12.2. The molecule has 2 aliphatic carbocycles. The van der Waals surface area contributed by atoms with Crippen LogP contribution in [0.2, 0.25) is 0 Å². The zero-order valence-electron chi connectivity index (χ0n) is 17.3. The Morgan fingerprint density at radius 1 is 1.21 bits per heavy atom. The highest BCUT2D eigenvalue weighted by Gasteiger charge is 2.35. The molecule has 0 radical (unpaired) electrons. The number of piperidine rings is 1. The minimum absolute atomic E-state index is 0.0187. The van der Waals surface area contributed by atoms with E-state index in [-0.39, 0.29) is 11.5 Å². The van der Waals surface area contributed by atoms with Crippen molar-refractivity contribution in [2.75, 3.05) is 6.54 Å². The summed E-state index contributed by atoms with van der Waals surface area (Å²) in [5.41, 5.74) is 1.20. The number of nitrogens with zero attached hydrogens (tertiary/aromatic N) is 2. The Kier molecular flexibility index (Phi) is 5.23. The first-order chi connectivity index (χ1) is 14.1. The quantitative estimate of drug-likeness (QED) is 0.819. The number of thiophene rings is 1. The van der Waals surface area contributed by atoms with Crippen LogP contribution in [0.15, 0.2) is 4.79 Å². The predicted molar refractivity (Wildman–Crippen MR) is 116 cm³/mol. The number of carbonyl (C=O) groups is 1. The fourth-order valence-electron chi connectivity index (χ4n) is 5.82. The summed E-state index contributed by atoms with van der Waals surface area (Å²) in [5, 5.41) is 0.799. The molecule has 1 N–H and O–H groups in total. The maximum Gasteiger partial charge on any atom is 0.259 e. The number of nitrogens with one attached hydrogen (secondary N) is 1. The van der Waals surface area contributed by atoms with Crippen molar-refractivity contribution in [2.45, 2.75) is 83.6 Å². The molecule has 29 heavy (non-hydrogen) atoms. The summed E-state index contributed by atoms with van der Waals surface area (Å²) in [6.07, 6.45) is 11.6. The SMILES string of the molecule is C[C@@H]1CCc2c(sc3nc(CCC(=O)N4CCC[C@@H]5CCCC[C@@H]54)[nH]c(=O)c23)C1. The van der Waals surface area contributed by atoms with Gasteiger partial charge in [0.05, 0.1) is 5.39 Å². The van der Waals surface area contributed by atoms with Crippen molar-refractivity contribution >= 4 is 27.5 Å². The molecule has 5 nitrogen and oxygen atoms in total. The molecule has 2 fully saturated rings. The lowest BCUT2D eigenvalue weighted by molar-refractivity contribution is -0.137. The molecule has 1 saturated carbocycles. The second kappa shape index (κ2) is 7.86. The summed E-state index contributed by atoms with van der Waals surface area (Å²) in [6.45, 7) is 3.18. The Morgan fingerprint density at radius 2 is 2.03 bits per heavy atom. The van der Waals surface area contributed by atoms with Gasteiger partial charge in [0, 0.05) is 30.3 Å². The van der Waals surface area contributed by atoms with E-state index in [1.165, 1.54) is 36.1 Å². The maximum atomic E-state index is 13.0. The average molecular weight is 414 g/mol. The Balaban J connectivity index is 1.32. The minimum atomic E-state index is -0.0187. The van der Waals surface area contributed by atoms with Gasteiger partial charge in [0.15, 0.2) is 0 Å². The molecule has 0 unspecified atom stereocenters. The van der Waals surface area contributed by atoms with Crippen molar-refractivity contribution in [2.24, 2.45) is 11.8 Å². The van der Waals surface area contributed by atoms with Crippen molar-refractivity contribution < 1.29 is 4.79 Å². The van der Waals surface area contributed by atoms with E-state index in [0.29, 0.717) is 36.5 Å². The van der Waals surface area contributed by atoms with Crippen LogP contribution in [0.1, 0.15) is 74.6 Å². The molecular weight excluding hydrogens is 382 g/mol. The van der Waals surface area contributed by atoms with Crippen LogP contribution in [0.3, 0.4) is 0 Å². The molecule has 0 spiro atoms. The highest BCUT2D eigenvalue weighted by atomic mass is 32.1. The molecule has 5 rings (SSSR count). The third kappa shape index (κ3) is 3.65. The zero-order valence-corrected chi connectivity index (χ0v) is 18.2. The lowest BCUT2D eigenvalue weighted by atomic mass is 9.78. The number of H-pyrrole nitrogens is 1. The molecule has 1 amide bonds. The monoisotopic (exact) mass is 413 g/mol. The molecule has 156 valence electrons. The second-order valence-corrected chi connectivity index (χ2v) is 10.5. The van der Waals surface area contributed by atoms with Crippen molar-refractivity contribution in [3.63, 3.8) is 0 Å². The summed E-state index contributed by atoms with van der Waals surface area (Å²) in [6, 6.07) is 0.450. The van der Waals surface area contributed by atoms with Gasteiger partial charge in [0.2, 0.25) is 5.91 Å². The van der Waals surface area contributed by atoms with Gasteiger partial charge < -0.3 is 9.88 Å². The average Bonchev–Trinajstić information content (AvgIpc) is 3.09. The highest BCUT2D eigenvalue weighted by molar-refractivity contribution is 7.18. The van der Waals surface area contributed by atoms with E-state index >= 15 is 0 Å². The molecule has 3 atom stereocenters. The van der Waals surface area contributed by atoms with E-state index < -0.39 is 0 Å². The van der Waals surface area contributed by atoms with Crippen LogP contribution >= 0.6 is 11.3 Å². The maximum absolute atomic E-state index is 13.0. The van der Waals surface area contributed by atoms with E-state index in [1.54, 1.807) is 11.3 Å². The van der Waals surface area contributed by atoms with Gasteiger partial charge >= 0.3 is 0 Å². The normalized spacial score (nSPS) is 26.9. The molecular formula is C23H31N3O2S. The van der Waals surface area contributed by atoms with Crippen LogP contribution in [-0.4, -0.2) is 33.4 Å². The molecule has 1 aliphatic heterocycles. The number of aromatic amines is 1. The standard InChI is InChI=1S/C23H31N3O2S/c1-14-8-9-16-18(13-14)29-23-21(16)22(28)24-19(25-23)10-11-20(27)26-12-4-6-15-5-2-3-7-17(15)26/h14-15,17H,2-13H2,1H3,(H,24,25,28)/t14-,15+,17+/m1/s1. The van der Waals surface area contributed by atoms with Crippen molar-refractivity contribution in [3.05, 3.63) is 26.6 Å². The van der Waals surface area contributed by atoms with E-state index in [2.05, 4.69) is 16.8 Å². The van der Waals surface area contributed by atoms with Gasteiger partial charge in [-0.05, 0) is 62.3 Å². The summed E-state index contributed by atoms with van der Waals surface area (Å²) >= 11 is 1.68. The van der Waals surface area contributed by atoms with Crippen LogP contribution < -0.4 is 5.56 Å². The molecule has 6 heteroatoms. The lowest BCUT2D eigenvalue weighted by Crippen LogP contribution is -2.49.